The van der Waals surface area contributed by atoms with E-state index in [0.29, 0.717) is 5.56 Å². The molecular weight excluding hydrogens is 188 g/mol. The van der Waals surface area contributed by atoms with Gasteiger partial charge in [-0.05, 0) is 18.6 Å². The first-order valence-electron chi connectivity index (χ1n) is 3.86. The number of rotatable bonds is 3. The lowest BCUT2D eigenvalue weighted by atomic mass is 10.1. The normalized spacial score (nSPS) is 10.1. The molecule has 0 bridgehead atoms. The highest BCUT2D eigenvalue weighted by Crippen LogP contribution is 2.20. The number of nitrogens with zero attached hydrogens (tertiary/aromatic N) is 2. The standard InChI is InChI=1S/C8H8N2O4/c1-6-4-2-3-5-7(6)8(9(11)12)10(13)14/h2-5,8H,1H3. The van der Waals surface area contributed by atoms with Crippen LogP contribution in [-0.4, -0.2) is 9.85 Å². The van der Waals surface area contributed by atoms with E-state index in [1.54, 1.807) is 25.1 Å². The second kappa shape index (κ2) is 3.82. The molecular formula is C8H8N2O4. The SMILES string of the molecule is Cc1ccccc1C([N+](=O)[O-])[N+](=O)[O-]. The molecule has 1 rings (SSSR count). The van der Waals surface area contributed by atoms with E-state index < -0.39 is 16.0 Å². The van der Waals surface area contributed by atoms with E-state index in [4.69, 9.17) is 0 Å². The van der Waals surface area contributed by atoms with Gasteiger partial charge in [-0.25, -0.2) is 0 Å². The summed E-state index contributed by atoms with van der Waals surface area (Å²) in [5, 5.41) is 20.9. The molecule has 0 aliphatic rings. The van der Waals surface area contributed by atoms with Gasteiger partial charge < -0.3 is 0 Å². The van der Waals surface area contributed by atoms with Gasteiger partial charge in [-0.1, -0.05) is 18.2 Å². The second-order valence-corrected chi connectivity index (χ2v) is 2.80. The Hall–Kier alpha value is -1.98. The van der Waals surface area contributed by atoms with E-state index in [0.717, 1.165) is 0 Å². The molecule has 0 aromatic heterocycles. The Morgan fingerprint density at radius 2 is 1.64 bits per heavy atom. The van der Waals surface area contributed by atoms with Crippen LogP contribution in [0.5, 0.6) is 0 Å². The summed E-state index contributed by atoms with van der Waals surface area (Å²) in [5.74, 6) is 0. The molecule has 0 atom stereocenters. The minimum atomic E-state index is -1.86. The molecule has 0 radical (unpaired) electrons. The lowest BCUT2D eigenvalue weighted by Gasteiger charge is -2.04. The van der Waals surface area contributed by atoms with Gasteiger partial charge in [0.05, 0.1) is 0 Å². The first kappa shape index (κ1) is 10.1. The molecule has 1 aromatic rings. The van der Waals surface area contributed by atoms with Crippen molar-refractivity contribution in [1.29, 1.82) is 0 Å². The van der Waals surface area contributed by atoms with E-state index in [-0.39, 0.29) is 5.56 Å². The molecule has 0 unspecified atom stereocenters. The zero-order valence-electron chi connectivity index (χ0n) is 7.41. The number of nitro groups is 2. The summed E-state index contributed by atoms with van der Waals surface area (Å²) >= 11 is 0. The van der Waals surface area contributed by atoms with E-state index in [1.807, 2.05) is 0 Å². The Bertz CT molecular complexity index is 363. The minimum absolute atomic E-state index is 0.127. The third-order valence-corrected chi connectivity index (χ3v) is 1.87. The fourth-order valence-corrected chi connectivity index (χ4v) is 1.18. The molecule has 6 heteroatoms. The fraction of sp³-hybridized carbons (Fsp3) is 0.250. The molecule has 0 aliphatic heterocycles. The van der Waals surface area contributed by atoms with Crippen molar-refractivity contribution >= 4 is 0 Å². The maximum Gasteiger partial charge on any atom is 0.476 e. The fourth-order valence-electron chi connectivity index (χ4n) is 1.18. The third kappa shape index (κ3) is 1.85. The minimum Gasteiger partial charge on any atom is -0.258 e. The topological polar surface area (TPSA) is 86.3 Å². The van der Waals surface area contributed by atoms with Gasteiger partial charge in [0.2, 0.25) is 0 Å². The predicted molar refractivity (Wildman–Crippen MR) is 47.9 cm³/mol. The number of hydrogen-bond acceptors (Lipinski definition) is 4. The predicted octanol–water partition coefficient (Wildman–Crippen LogP) is 1.55. The molecule has 6 nitrogen and oxygen atoms in total. The van der Waals surface area contributed by atoms with E-state index >= 15 is 0 Å². The first-order valence-corrected chi connectivity index (χ1v) is 3.86. The molecule has 0 spiro atoms. The monoisotopic (exact) mass is 196 g/mol. The Labute approximate surface area is 79.5 Å². The van der Waals surface area contributed by atoms with Crippen molar-refractivity contribution in [2.75, 3.05) is 0 Å². The summed E-state index contributed by atoms with van der Waals surface area (Å²) in [4.78, 5) is 19.1. The van der Waals surface area contributed by atoms with E-state index in [2.05, 4.69) is 0 Å². The maximum atomic E-state index is 10.5. The van der Waals surface area contributed by atoms with Crippen LogP contribution < -0.4 is 0 Å². The van der Waals surface area contributed by atoms with Gasteiger partial charge in [0.25, 0.3) is 0 Å². The van der Waals surface area contributed by atoms with Gasteiger partial charge in [-0.15, -0.1) is 0 Å². The summed E-state index contributed by atoms with van der Waals surface area (Å²) in [7, 11) is 0. The Balaban J connectivity index is 3.18. The largest absolute Gasteiger partial charge is 0.476 e. The van der Waals surface area contributed by atoms with Crippen molar-refractivity contribution in [3.63, 3.8) is 0 Å². The van der Waals surface area contributed by atoms with E-state index in [9.17, 15) is 20.2 Å². The Kier molecular flexibility index (Phi) is 2.76. The van der Waals surface area contributed by atoms with Crippen molar-refractivity contribution in [2.45, 2.75) is 13.1 Å². The molecule has 0 fully saturated rings. The van der Waals surface area contributed by atoms with Crippen LogP contribution in [0.15, 0.2) is 24.3 Å². The highest BCUT2D eigenvalue weighted by atomic mass is 16.7. The van der Waals surface area contributed by atoms with Crippen LogP contribution >= 0.6 is 0 Å². The molecule has 0 N–H and O–H groups in total. The highest BCUT2D eigenvalue weighted by Gasteiger charge is 2.35. The zero-order valence-corrected chi connectivity index (χ0v) is 7.41. The van der Waals surface area contributed by atoms with E-state index in [1.165, 1.54) is 6.07 Å². The quantitative estimate of drug-likeness (QED) is 0.417. The molecule has 14 heavy (non-hydrogen) atoms. The molecule has 0 amide bonds. The Morgan fingerprint density at radius 1 is 1.14 bits per heavy atom. The van der Waals surface area contributed by atoms with Crippen molar-refractivity contribution in [2.24, 2.45) is 0 Å². The van der Waals surface area contributed by atoms with Crippen LogP contribution in [0.25, 0.3) is 0 Å². The number of hydrogen-bond donors (Lipinski definition) is 0. The number of benzene rings is 1. The first-order chi connectivity index (χ1) is 6.54. The van der Waals surface area contributed by atoms with Gasteiger partial charge in [0.15, 0.2) is 0 Å². The third-order valence-electron chi connectivity index (χ3n) is 1.87. The molecule has 0 saturated carbocycles. The average molecular weight is 196 g/mol. The van der Waals surface area contributed by atoms with Gasteiger partial charge in [-0.2, -0.15) is 0 Å². The molecule has 0 aliphatic carbocycles. The number of aryl methyl sites for hydroxylation is 1. The maximum absolute atomic E-state index is 10.5. The summed E-state index contributed by atoms with van der Waals surface area (Å²) in [6.45, 7) is 1.61. The van der Waals surface area contributed by atoms with Crippen LogP contribution in [-0.2, 0) is 0 Å². The smallest absolute Gasteiger partial charge is 0.258 e. The second-order valence-electron chi connectivity index (χ2n) is 2.80. The van der Waals surface area contributed by atoms with Crippen molar-refractivity contribution in [3.05, 3.63) is 55.6 Å². The van der Waals surface area contributed by atoms with Crippen molar-refractivity contribution in [3.8, 4) is 0 Å². The van der Waals surface area contributed by atoms with Gasteiger partial charge in [0, 0.05) is 0 Å². The van der Waals surface area contributed by atoms with Crippen molar-refractivity contribution < 1.29 is 9.85 Å². The van der Waals surface area contributed by atoms with Crippen LogP contribution in [0, 0.1) is 27.2 Å². The summed E-state index contributed by atoms with van der Waals surface area (Å²) in [6.07, 6.45) is -1.86. The summed E-state index contributed by atoms with van der Waals surface area (Å²) in [5.41, 5.74) is 0.674. The summed E-state index contributed by atoms with van der Waals surface area (Å²) in [6, 6.07) is 6.22. The lowest BCUT2D eigenvalue weighted by Crippen LogP contribution is -2.20. The summed E-state index contributed by atoms with van der Waals surface area (Å²) < 4.78 is 0. The molecule has 74 valence electrons. The van der Waals surface area contributed by atoms with Gasteiger partial charge >= 0.3 is 6.17 Å². The average Bonchev–Trinajstić information content (AvgIpc) is 2.07. The van der Waals surface area contributed by atoms with Crippen LogP contribution in [0.4, 0.5) is 0 Å². The van der Waals surface area contributed by atoms with Crippen LogP contribution in [0.1, 0.15) is 17.3 Å². The molecule has 1 aromatic carbocycles. The zero-order chi connectivity index (χ0) is 10.7. The molecule has 0 heterocycles. The Morgan fingerprint density at radius 3 is 2.07 bits per heavy atom. The van der Waals surface area contributed by atoms with Crippen LogP contribution in [0.2, 0.25) is 0 Å². The molecule has 0 saturated heterocycles. The van der Waals surface area contributed by atoms with Gasteiger partial charge in [-0.3, -0.25) is 20.2 Å². The van der Waals surface area contributed by atoms with Crippen LogP contribution in [0.3, 0.4) is 0 Å². The lowest BCUT2D eigenvalue weighted by molar-refractivity contribution is -0.752. The highest BCUT2D eigenvalue weighted by molar-refractivity contribution is 5.26. The van der Waals surface area contributed by atoms with Gasteiger partial charge in [0.1, 0.15) is 15.4 Å². The van der Waals surface area contributed by atoms with Crippen molar-refractivity contribution in [1.82, 2.24) is 0 Å².